The third kappa shape index (κ3) is 4.98. The van der Waals surface area contributed by atoms with Gasteiger partial charge in [-0.3, -0.25) is 0 Å². The molecule has 4 aromatic heterocycles. The number of para-hydroxylation sites is 2. The van der Waals surface area contributed by atoms with E-state index in [0.717, 1.165) is 121 Å². The summed E-state index contributed by atoms with van der Waals surface area (Å²) in [5, 5.41) is 9.92. The third-order valence-corrected chi connectivity index (χ3v) is 11.4. The van der Waals surface area contributed by atoms with E-state index in [1.54, 1.807) is 0 Å². The quantitative estimate of drug-likeness (QED) is 0.170. The first-order valence-electron chi connectivity index (χ1n) is 19.3. The predicted molar refractivity (Wildman–Crippen MR) is 236 cm³/mol. The van der Waals surface area contributed by atoms with E-state index in [1.165, 1.54) is 0 Å². The molecule has 0 radical (unpaired) electrons. The smallest absolute Gasteiger partial charge is 0.144 e. The Balaban J connectivity index is 1.01. The van der Waals surface area contributed by atoms with Crippen molar-refractivity contribution in [3.05, 3.63) is 188 Å². The van der Waals surface area contributed by atoms with Crippen molar-refractivity contribution in [1.82, 2.24) is 15.0 Å². The topological polar surface area (TPSA) is 51.8 Å². The number of hydrogen-bond acceptors (Lipinski definition) is 4. The van der Waals surface area contributed by atoms with Crippen LogP contribution in [0.25, 0.3) is 121 Å². The van der Waals surface area contributed by atoms with Crippen LogP contribution >= 0.6 is 0 Å². The number of hydrogen-bond donors (Lipinski definition) is 0. The summed E-state index contributed by atoms with van der Waals surface area (Å²) < 4.78 is 6.59. The van der Waals surface area contributed by atoms with E-state index in [1.807, 2.05) is 30.3 Å². The minimum atomic E-state index is 0.890. The Hall–Kier alpha value is -7.69. The summed E-state index contributed by atoms with van der Waals surface area (Å²) in [5.41, 5.74) is 12.8. The molecule has 4 nitrogen and oxygen atoms in total. The van der Waals surface area contributed by atoms with Gasteiger partial charge in [0.1, 0.15) is 11.2 Å². The maximum absolute atomic E-state index is 6.59. The van der Waals surface area contributed by atoms with E-state index in [9.17, 15) is 0 Å². The molecule has 0 amide bonds. The maximum atomic E-state index is 6.59. The Morgan fingerprint density at radius 1 is 0.351 bits per heavy atom. The number of furan rings is 1. The van der Waals surface area contributed by atoms with Gasteiger partial charge < -0.3 is 4.42 Å². The van der Waals surface area contributed by atoms with Gasteiger partial charge >= 0.3 is 0 Å². The lowest BCUT2D eigenvalue weighted by Crippen LogP contribution is -1.93. The largest absolute Gasteiger partial charge is 0.455 e. The molecule has 0 saturated heterocycles. The molecule has 0 unspecified atom stereocenters. The van der Waals surface area contributed by atoms with Crippen molar-refractivity contribution in [2.75, 3.05) is 0 Å². The van der Waals surface area contributed by atoms with Gasteiger partial charge in [0.05, 0.1) is 33.6 Å². The molecular formula is C53H31N3O. The summed E-state index contributed by atoms with van der Waals surface area (Å²) in [4.78, 5) is 15.8. The molecule has 12 aromatic rings. The monoisotopic (exact) mass is 725 g/mol. The number of aromatic nitrogens is 3. The summed E-state index contributed by atoms with van der Waals surface area (Å²) >= 11 is 0. The second kappa shape index (κ2) is 12.4. The maximum Gasteiger partial charge on any atom is 0.144 e. The molecular weight excluding hydrogens is 695 g/mol. The van der Waals surface area contributed by atoms with E-state index in [-0.39, 0.29) is 0 Å². The van der Waals surface area contributed by atoms with Crippen LogP contribution in [0.15, 0.2) is 192 Å². The fourth-order valence-electron chi connectivity index (χ4n) is 8.73. The number of rotatable bonds is 4. The predicted octanol–water partition coefficient (Wildman–Crippen LogP) is 14.2. The van der Waals surface area contributed by atoms with Crippen LogP contribution in [0, 0.1) is 0 Å². The zero-order valence-electron chi connectivity index (χ0n) is 30.6. The first kappa shape index (κ1) is 31.6. The SMILES string of the molecule is c1ccc(-c2ccc3ccc4ccc(-c5ccc(-c6cccc(-c7nc8ccccc8c8c7ccc7c9ccccc9oc78)c6)c6ccccc56)nc4c3n2)cc1. The van der Waals surface area contributed by atoms with Gasteiger partial charge in [-0.1, -0.05) is 152 Å². The van der Waals surface area contributed by atoms with Crippen molar-refractivity contribution >= 4 is 76.2 Å². The average molecular weight is 726 g/mol. The molecule has 57 heavy (non-hydrogen) atoms. The molecule has 264 valence electrons. The van der Waals surface area contributed by atoms with Crippen molar-refractivity contribution in [3.8, 4) is 44.9 Å². The highest BCUT2D eigenvalue weighted by atomic mass is 16.3. The van der Waals surface area contributed by atoms with Gasteiger partial charge in [0.2, 0.25) is 0 Å². The fourth-order valence-corrected chi connectivity index (χ4v) is 8.73. The Labute approximate surface area is 327 Å². The zero-order chi connectivity index (χ0) is 37.5. The highest BCUT2D eigenvalue weighted by Gasteiger charge is 2.19. The van der Waals surface area contributed by atoms with E-state index < -0.39 is 0 Å². The molecule has 0 saturated carbocycles. The molecule has 0 aliphatic rings. The van der Waals surface area contributed by atoms with Crippen LogP contribution in [0.3, 0.4) is 0 Å². The first-order valence-corrected chi connectivity index (χ1v) is 19.3. The van der Waals surface area contributed by atoms with Gasteiger partial charge in [0.25, 0.3) is 0 Å². The average Bonchev–Trinajstić information content (AvgIpc) is 3.67. The second-order valence-corrected chi connectivity index (χ2v) is 14.7. The minimum absolute atomic E-state index is 0.890. The van der Waals surface area contributed by atoms with Crippen LogP contribution in [0.4, 0.5) is 0 Å². The Morgan fingerprint density at radius 3 is 1.77 bits per heavy atom. The summed E-state index contributed by atoms with van der Waals surface area (Å²) in [5.74, 6) is 0. The number of pyridine rings is 3. The molecule has 0 N–H and O–H groups in total. The van der Waals surface area contributed by atoms with Crippen molar-refractivity contribution in [3.63, 3.8) is 0 Å². The molecule has 12 rings (SSSR count). The van der Waals surface area contributed by atoms with E-state index >= 15 is 0 Å². The van der Waals surface area contributed by atoms with Crippen LogP contribution in [0.1, 0.15) is 0 Å². The second-order valence-electron chi connectivity index (χ2n) is 14.7. The van der Waals surface area contributed by atoms with Crippen LogP contribution in [-0.2, 0) is 0 Å². The van der Waals surface area contributed by atoms with Crippen LogP contribution in [-0.4, -0.2) is 15.0 Å². The van der Waals surface area contributed by atoms with Gasteiger partial charge in [-0.2, -0.15) is 0 Å². The van der Waals surface area contributed by atoms with Gasteiger partial charge in [-0.05, 0) is 58.3 Å². The number of nitrogens with zero attached hydrogens (tertiary/aromatic N) is 3. The van der Waals surface area contributed by atoms with Gasteiger partial charge in [0, 0.05) is 54.4 Å². The van der Waals surface area contributed by atoms with E-state index in [0.29, 0.717) is 0 Å². The van der Waals surface area contributed by atoms with Crippen molar-refractivity contribution in [2.24, 2.45) is 0 Å². The van der Waals surface area contributed by atoms with Crippen molar-refractivity contribution in [2.45, 2.75) is 0 Å². The lowest BCUT2D eigenvalue weighted by molar-refractivity contribution is 0.673. The van der Waals surface area contributed by atoms with Crippen molar-refractivity contribution < 1.29 is 4.42 Å². The number of fused-ring (bicyclic) bond motifs is 11. The van der Waals surface area contributed by atoms with Gasteiger partial charge in [-0.15, -0.1) is 0 Å². The molecule has 0 bridgehead atoms. The van der Waals surface area contributed by atoms with Crippen LogP contribution in [0.5, 0.6) is 0 Å². The van der Waals surface area contributed by atoms with E-state index in [2.05, 4.69) is 158 Å². The van der Waals surface area contributed by atoms with Gasteiger partial charge in [-0.25, -0.2) is 15.0 Å². The molecule has 0 aliphatic carbocycles. The van der Waals surface area contributed by atoms with E-state index in [4.69, 9.17) is 19.4 Å². The summed E-state index contributed by atoms with van der Waals surface area (Å²) in [6.07, 6.45) is 0. The molecule has 0 fully saturated rings. The molecule has 0 spiro atoms. The summed E-state index contributed by atoms with van der Waals surface area (Å²) in [6.45, 7) is 0. The van der Waals surface area contributed by atoms with Crippen molar-refractivity contribution in [1.29, 1.82) is 0 Å². The molecule has 4 heteroatoms. The van der Waals surface area contributed by atoms with Crippen LogP contribution < -0.4 is 0 Å². The normalized spacial score (nSPS) is 11.9. The first-order chi connectivity index (χ1) is 28.2. The number of benzene rings is 8. The highest BCUT2D eigenvalue weighted by Crippen LogP contribution is 2.42. The van der Waals surface area contributed by atoms with Crippen LogP contribution in [0.2, 0.25) is 0 Å². The molecule has 4 heterocycles. The summed E-state index contributed by atoms with van der Waals surface area (Å²) in [6, 6.07) is 66.1. The Kier molecular flexibility index (Phi) is 6.89. The minimum Gasteiger partial charge on any atom is -0.455 e. The lowest BCUT2D eigenvalue weighted by atomic mass is 9.91. The van der Waals surface area contributed by atoms with Gasteiger partial charge in [0.15, 0.2) is 0 Å². The highest BCUT2D eigenvalue weighted by molar-refractivity contribution is 6.24. The lowest BCUT2D eigenvalue weighted by Gasteiger charge is -2.14. The molecule has 0 atom stereocenters. The molecule has 0 aliphatic heterocycles. The summed E-state index contributed by atoms with van der Waals surface area (Å²) in [7, 11) is 0. The third-order valence-electron chi connectivity index (χ3n) is 11.4. The molecule has 8 aromatic carbocycles. The standard InChI is InChI=1S/C53H31N3O/c1-2-11-32(12-3-1)45-29-23-33-21-22-34-24-30-47(56-52(34)51(33)54-45)40-26-25-37(38-15-4-5-16-39(38)40)35-13-10-14-36(31-35)50-44-28-27-42-41-17-7-9-20-48(41)57-53(42)49(44)43-18-6-8-19-46(43)55-50/h1-31H. The zero-order valence-corrected chi connectivity index (χ0v) is 30.6. The Morgan fingerprint density at radius 2 is 0.947 bits per heavy atom. The Bertz CT molecular complexity index is 3590. The fraction of sp³-hybridized carbons (Fsp3) is 0.